The minimum atomic E-state index is -0.0401. The molecule has 102 valence electrons. The van der Waals surface area contributed by atoms with Crippen molar-refractivity contribution in [2.24, 2.45) is 17.6 Å². The van der Waals surface area contributed by atoms with E-state index in [1.54, 1.807) is 0 Å². The Bertz CT molecular complexity index is 322. The lowest BCUT2D eigenvalue weighted by Gasteiger charge is -2.40. The van der Waals surface area contributed by atoms with Gasteiger partial charge in [-0.05, 0) is 38.6 Å². The Morgan fingerprint density at radius 2 is 2.22 bits per heavy atom. The van der Waals surface area contributed by atoms with E-state index in [0.29, 0.717) is 37.9 Å². The number of hydrogen-bond acceptors (Lipinski definition) is 3. The number of carbonyl (C=O) groups is 2. The first-order valence-electron chi connectivity index (χ1n) is 6.89. The first-order valence-corrected chi connectivity index (χ1v) is 6.89. The molecule has 2 saturated heterocycles. The van der Waals surface area contributed by atoms with E-state index in [0.717, 1.165) is 19.4 Å². The maximum absolute atomic E-state index is 12.5. The van der Waals surface area contributed by atoms with E-state index in [1.807, 2.05) is 4.90 Å². The molecule has 0 aromatic carbocycles. The molecule has 0 spiro atoms. The van der Waals surface area contributed by atoms with Crippen LogP contribution in [-0.2, 0) is 9.59 Å². The number of piperidine rings is 2. The lowest BCUT2D eigenvalue weighted by molar-refractivity contribution is -0.141. The van der Waals surface area contributed by atoms with Crippen molar-refractivity contribution in [3.05, 3.63) is 0 Å². The zero-order valence-electron chi connectivity index (χ0n) is 11.0. The van der Waals surface area contributed by atoms with E-state index >= 15 is 0 Å². The number of nitrogens with one attached hydrogen (secondary N) is 1. The highest BCUT2D eigenvalue weighted by molar-refractivity contribution is 5.84. The predicted molar refractivity (Wildman–Crippen MR) is 68.7 cm³/mol. The van der Waals surface area contributed by atoms with E-state index < -0.39 is 0 Å². The largest absolute Gasteiger partial charge is 0.355 e. The standard InChI is InChI=1S/C13H23N3O2/c1-9-2-3-10(6-14)8-16(9)13(18)11-4-5-12(17)15-7-11/h9-11H,2-8,14H2,1H3,(H,15,17). The molecule has 3 unspecified atom stereocenters. The number of nitrogens with zero attached hydrogens (tertiary/aromatic N) is 1. The minimum absolute atomic E-state index is 0.0401. The Labute approximate surface area is 108 Å². The van der Waals surface area contributed by atoms with Crippen LogP contribution < -0.4 is 11.1 Å². The van der Waals surface area contributed by atoms with Gasteiger partial charge in [0.05, 0.1) is 5.92 Å². The first-order chi connectivity index (χ1) is 8.61. The zero-order chi connectivity index (χ0) is 13.1. The van der Waals surface area contributed by atoms with Crippen molar-refractivity contribution in [1.82, 2.24) is 10.2 Å². The molecule has 2 amide bonds. The van der Waals surface area contributed by atoms with Gasteiger partial charge in [-0.2, -0.15) is 0 Å². The molecule has 0 aromatic heterocycles. The number of likely N-dealkylation sites (tertiary alicyclic amines) is 1. The summed E-state index contributed by atoms with van der Waals surface area (Å²) in [5.41, 5.74) is 5.71. The fourth-order valence-electron chi connectivity index (χ4n) is 2.86. The first kappa shape index (κ1) is 13.3. The quantitative estimate of drug-likeness (QED) is 0.733. The van der Waals surface area contributed by atoms with Crippen molar-refractivity contribution in [2.45, 2.75) is 38.6 Å². The van der Waals surface area contributed by atoms with Crippen LogP contribution in [0.4, 0.5) is 0 Å². The molecule has 5 heteroatoms. The average Bonchev–Trinajstić information content (AvgIpc) is 2.39. The molecule has 3 N–H and O–H groups in total. The molecule has 2 aliphatic heterocycles. The maximum atomic E-state index is 12.5. The Kier molecular flexibility index (Phi) is 4.22. The van der Waals surface area contributed by atoms with Crippen LogP contribution >= 0.6 is 0 Å². The van der Waals surface area contributed by atoms with Crippen molar-refractivity contribution in [3.8, 4) is 0 Å². The number of rotatable bonds is 2. The van der Waals surface area contributed by atoms with Crippen LogP contribution in [0.25, 0.3) is 0 Å². The molecular formula is C13H23N3O2. The second-order valence-corrected chi connectivity index (χ2v) is 5.56. The minimum Gasteiger partial charge on any atom is -0.355 e. The second kappa shape index (κ2) is 5.69. The smallest absolute Gasteiger partial charge is 0.227 e. The van der Waals surface area contributed by atoms with Gasteiger partial charge in [0, 0.05) is 25.6 Å². The van der Waals surface area contributed by atoms with Gasteiger partial charge in [0.1, 0.15) is 0 Å². The molecule has 0 bridgehead atoms. The molecule has 2 fully saturated rings. The van der Waals surface area contributed by atoms with Gasteiger partial charge in [-0.25, -0.2) is 0 Å². The lowest BCUT2D eigenvalue weighted by Crippen LogP contribution is -2.52. The summed E-state index contributed by atoms with van der Waals surface area (Å²) in [6.45, 7) is 4.03. The summed E-state index contributed by atoms with van der Waals surface area (Å²) in [7, 11) is 0. The third kappa shape index (κ3) is 2.83. The number of carbonyl (C=O) groups excluding carboxylic acids is 2. The summed E-state index contributed by atoms with van der Waals surface area (Å²) >= 11 is 0. The van der Waals surface area contributed by atoms with Crippen LogP contribution in [0.3, 0.4) is 0 Å². The summed E-state index contributed by atoms with van der Waals surface area (Å²) in [6.07, 6.45) is 3.30. The lowest BCUT2D eigenvalue weighted by atomic mass is 9.90. The van der Waals surface area contributed by atoms with Crippen molar-refractivity contribution in [2.75, 3.05) is 19.6 Å². The van der Waals surface area contributed by atoms with E-state index in [-0.39, 0.29) is 17.7 Å². The highest BCUT2D eigenvalue weighted by atomic mass is 16.2. The summed E-state index contributed by atoms with van der Waals surface area (Å²) in [4.78, 5) is 25.6. The van der Waals surface area contributed by atoms with Gasteiger partial charge >= 0.3 is 0 Å². The van der Waals surface area contributed by atoms with Crippen LogP contribution in [0.15, 0.2) is 0 Å². The predicted octanol–water partition coefficient (Wildman–Crippen LogP) is 0.0984. The number of nitrogens with two attached hydrogens (primary N) is 1. The molecular weight excluding hydrogens is 230 g/mol. The van der Waals surface area contributed by atoms with Crippen molar-refractivity contribution in [1.29, 1.82) is 0 Å². The summed E-state index contributed by atoms with van der Waals surface area (Å²) in [5, 5.41) is 2.78. The average molecular weight is 253 g/mol. The molecule has 2 aliphatic rings. The van der Waals surface area contributed by atoms with Gasteiger partial charge in [-0.1, -0.05) is 0 Å². The third-order valence-corrected chi connectivity index (χ3v) is 4.21. The summed E-state index contributed by atoms with van der Waals surface area (Å²) in [6, 6.07) is 0.304. The fourth-order valence-corrected chi connectivity index (χ4v) is 2.86. The van der Waals surface area contributed by atoms with E-state index in [1.165, 1.54) is 0 Å². The van der Waals surface area contributed by atoms with Crippen LogP contribution in [0.1, 0.15) is 32.6 Å². The van der Waals surface area contributed by atoms with Gasteiger partial charge in [0.2, 0.25) is 11.8 Å². The van der Waals surface area contributed by atoms with Crippen molar-refractivity contribution in [3.63, 3.8) is 0 Å². The van der Waals surface area contributed by atoms with Crippen LogP contribution in [0.5, 0.6) is 0 Å². The zero-order valence-corrected chi connectivity index (χ0v) is 11.0. The molecule has 5 nitrogen and oxygen atoms in total. The summed E-state index contributed by atoms with van der Waals surface area (Å²) in [5.74, 6) is 0.649. The van der Waals surface area contributed by atoms with E-state index in [9.17, 15) is 9.59 Å². The maximum Gasteiger partial charge on any atom is 0.227 e. The van der Waals surface area contributed by atoms with Crippen LogP contribution in [0.2, 0.25) is 0 Å². The Morgan fingerprint density at radius 1 is 1.44 bits per heavy atom. The van der Waals surface area contributed by atoms with Gasteiger partial charge in [0.15, 0.2) is 0 Å². The van der Waals surface area contributed by atoms with Crippen molar-refractivity contribution < 1.29 is 9.59 Å². The van der Waals surface area contributed by atoms with Gasteiger partial charge in [-0.15, -0.1) is 0 Å². The number of hydrogen-bond donors (Lipinski definition) is 2. The van der Waals surface area contributed by atoms with Gasteiger partial charge in [0.25, 0.3) is 0 Å². The van der Waals surface area contributed by atoms with Crippen molar-refractivity contribution >= 4 is 11.8 Å². The van der Waals surface area contributed by atoms with Crippen LogP contribution in [0, 0.1) is 11.8 Å². The highest BCUT2D eigenvalue weighted by Gasteiger charge is 2.33. The fraction of sp³-hybridized carbons (Fsp3) is 0.846. The topological polar surface area (TPSA) is 75.4 Å². The van der Waals surface area contributed by atoms with E-state index in [4.69, 9.17) is 5.73 Å². The molecule has 18 heavy (non-hydrogen) atoms. The molecule has 0 aromatic rings. The SMILES string of the molecule is CC1CCC(CN)CN1C(=O)C1CCC(=O)NC1. The molecule has 0 radical (unpaired) electrons. The van der Waals surface area contributed by atoms with Gasteiger partial charge < -0.3 is 16.0 Å². The molecule has 2 heterocycles. The normalized spacial score (nSPS) is 33.1. The molecule has 0 saturated carbocycles. The van der Waals surface area contributed by atoms with E-state index in [2.05, 4.69) is 12.2 Å². The van der Waals surface area contributed by atoms with Gasteiger partial charge in [-0.3, -0.25) is 9.59 Å². The Hall–Kier alpha value is -1.10. The third-order valence-electron chi connectivity index (χ3n) is 4.21. The monoisotopic (exact) mass is 253 g/mol. The Balaban J connectivity index is 1.96. The molecule has 3 atom stereocenters. The highest BCUT2D eigenvalue weighted by Crippen LogP contribution is 2.24. The second-order valence-electron chi connectivity index (χ2n) is 5.56. The molecule has 0 aliphatic carbocycles. The Morgan fingerprint density at radius 3 is 2.83 bits per heavy atom. The molecule has 2 rings (SSSR count). The number of amides is 2. The van der Waals surface area contributed by atoms with Crippen LogP contribution in [-0.4, -0.2) is 42.4 Å². The summed E-state index contributed by atoms with van der Waals surface area (Å²) < 4.78 is 0.